The molecule has 1 aromatic heterocycles. The minimum Gasteiger partial charge on any atom is -0.374 e. The Kier molecular flexibility index (Phi) is 7.14. The summed E-state index contributed by atoms with van der Waals surface area (Å²) in [6.07, 6.45) is -1.45. The molecule has 0 fully saturated rings. The molecule has 114 valence electrons. The number of nitrogens with zero attached hydrogens (tertiary/aromatic N) is 3. The van der Waals surface area contributed by atoms with Crippen molar-refractivity contribution in [2.24, 2.45) is 0 Å². The van der Waals surface area contributed by atoms with E-state index in [0.717, 1.165) is 13.0 Å². The van der Waals surface area contributed by atoms with Crippen LogP contribution >= 0.6 is 0 Å². The van der Waals surface area contributed by atoms with E-state index < -0.39 is 6.43 Å². The Bertz CT molecular complexity index is 378. The Labute approximate surface area is 118 Å². The second-order valence-corrected chi connectivity index (χ2v) is 4.36. The smallest absolute Gasteiger partial charge is 0.255 e. The average molecular weight is 288 g/mol. The summed E-state index contributed by atoms with van der Waals surface area (Å²) in [5, 5.41) is 3.14. The van der Waals surface area contributed by atoms with E-state index in [1.54, 1.807) is 13.1 Å². The SMILES string of the molecule is CCCNc1cc(N(C)CC(F)F)nc(COCC)n1. The first-order valence-electron chi connectivity index (χ1n) is 6.75. The largest absolute Gasteiger partial charge is 0.374 e. The van der Waals surface area contributed by atoms with Crippen molar-refractivity contribution in [3.8, 4) is 0 Å². The van der Waals surface area contributed by atoms with E-state index >= 15 is 0 Å². The highest BCUT2D eigenvalue weighted by Crippen LogP contribution is 2.16. The predicted octanol–water partition coefficient (Wildman–Crippen LogP) is 2.54. The standard InChI is InChI=1S/C13H22F2N4O/c1-4-6-16-11-7-13(19(3)8-10(14)15)18-12(17-11)9-20-5-2/h7,10H,4-6,8-9H2,1-3H3,(H,16,17,18). The molecule has 0 saturated heterocycles. The van der Waals surface area contributed by atoms with Crippen LogP contribution in [0.3, 0.4) is 0 Å². The summed E-state index contributed by atoms with van der Waals surface area (Å²) >= 11 is 0. The molecule has 1 N–H and O–H groups in total. The van der Waals surface area contributed by atoms with Crippen LogP contribution in [-0.2, 0) is 11.3 Å². The van der Waals surface area contributed by atoms with Gasteiger partial charge >= 0.3 is 0 Å². The third-order valence-corrected chi connectivity index (χ3v) is 2.55. The molecule has 5 nitrogen and oxygen atoms in total. The number of nitrogens with one attached hydrogen (secondary N) is 1. The zero-order valence-electron chi connectivity index (χ0n) is 12.2. The minimum atomic E-state index is -2.41. The van der Waals surface area contributed by atoms with Crippen LogP contribution in [-0.4, -0.2) is 43.1 Å². The highest BCUT2D eigenvalue weighted by Gasteiger charge is 2.12. The average Bonchev–Trinajstić information content (AvgIpc) is 2.42. The summed E-state index contributed by atoms with van der Waals surface area (Å²) < 4.78 is 30.2. The van der Waals surface area contributed by atoms with Crippen molar-refractivity contribution in [2.75, 3.05) is 37.0 Å². The normalized spacial score (nSPS) is 10.9. The summed E-state index contributed by atoms with van der Waals surface area (Å²) in [4.78, 5) is 9.97. The molecule has 0 aliphatic heterocycles. The van der Waals surface area contributed by atoms with Crippen molar-refractivity contribution in [3.63, 3.8) is 0 Å². The summed E-state index contributed by atoms with van der Waals surface area (Å²) in [5.74, 6) is 1.59. The highest BCUT2D eigenvalue weighted by atomic mass is 19.3. The highest BCUT2D eigenvalue weighted by molar-refractivity contribution is 5.49. The first kappa shape index (κ1) is 16.6. The first-order valence-corrected chi connectivity index (χ1v) is 6.75. The molecule has 0 saturated carbocycles. The van der Waals surface area contributed by atoms with Crippen molar-refractivity contribution in [1.82, 2.24) is 9.97 Å². The fourth-order valence-corrected chi connectivity index (χ4v) is 1.58. The number of halogens is 2. The summed E-state index contributed by atoms with van der Waals surface area (Å²) in [6, 6.07) is 1.67. The van der Waals surface area contributed by atoms with E-state index in [0.29, 0.717) is 24.1 Å². The zero-order chi connectivity index (χ0) is 15.0. The molecule has 0 amide bonds. The van der Waals surface area contributed by atoms with Crippen LogP contribution in [0.1, 0.15) is 26.1 Å². The van der Waals surface area contributed by atoms with E-state index in [2.05, 4.69) is 15.3 Å². The molecule has 0 radical (unpaired) electrons. The monoisotopic (exact) mass is 288 g/mol. The third kappa shape index (κ3) is 5.64. The van der Waals surface area contributed by atoms with Gasteiger partial charge in [-0.05, 0) is 13.3 Å². The van der Waals surface area contributed by atoms with E-state index in [1.807, 2.05) is 13.8 Å². The lowest BCUT2D eigenvalue weighted by atomic mass is 10.4. The van der Waals surface area contributed by atoms with Crippen LogP contribution in [0.15, 0.2) is 6.07 Å². The van der Waals surface area contributed by atoms with E-state index in [4.69, 9.17) is 4.74 Å². The van der Waals surface area contributed by atoms with Crippen molar-refractivity contribution in [2.45, 2.75) is 33.3 Å². The fourth-order valence-electron chi connectivity index (χ4n) is 1.58. The number of alkyl halides is 2. The van der Waals surface area contributed by atoms with Gasteiger partial charge in [0, 0.05) is 26.3 Å². The van der Waals surface area contributed by atoms with Gasteiger partial charge in [-0.1, -0.05) is 6.92 Å². The van der Waals surface area contributed by atoms with Crippen LogP contribution in [0.2, 0.25) is 0 Å². The van der Waals surface area contributed by atoms with Gasteiger partial charge in [-0.25, -0.2) is 18.7 Å². The molecule has 0 aliphatic rings. The lowest BCUT2D eigenvalue weighted by Gasteiger charge is -2.19. The van der Waals surface area contributed by atoms with Gasteiger partial charge in [0.2, 0.25) is 0 Å². The molecule has 0 aliphatic carbocycles. The molecule has 0 spiro atoms. The Morgan fingerprint density at radius 1 is 1.35 bits per heavy atom. The topological polar surface area (TPSA) is 50.3 Å². The molecule has 0 unspecified atom stereocenters. The Morgan fingerprint density at radius 2 is 2.10 bits per heavy atom. The molecule has 1 heterocycles. The molecular formula is C13H22F2N4O. The van der Waals surface area contributed by atoms with Gasteiger partial charge in [-0.2, -0.15) is 0 Å². The van der Waals surface area contributed by atoms with E-state index in [1.165, 1.54) is 4.90 Å². The van der Waals surface area contributed by atoms with Crippen LogP contribution in [0, 0.1) is 0 Å². The van der Waals surface area contributed by atoms with Gasteiger partial charge < -0.3 is 15.0 Å². The van der Waals surface area contributed by atoms with Gasteiger partial charge in [0.05, 0.1) is 6.54 Å². The number of rotatable bonds is 9. The molecular weight excluding hydrogens is 266 g/mol. The summed E-state index contributed by atoms with van der Waals surface area (Å²) in [7, 11) is 1.59. The molecule has 7 heteroatoms. The van der Waals surface area contributed by atoms with Gasteiger partial charge in [0.25, 0.3) is 6.43 Å². The second kappa shape index (κ2) is 8.63. The number of ether oxygens (including phenoxy) is 1. The molecule has 0 atom stereocenters. The van der Waals surface area contributed by atoms with Crippen molar-refractivity contribution in [1.29, 1.82) is 0 Å². The van der Waals surface area contributed by atoms with Crippen molar-refractivity contribution < 1.29 is 13.5 Å². The van der Waals surface area contributed by atoms with Crippen LogP contribution in [0.4, 0.5) is 20.4 Å². The quantitative estimate of drug-likeness (QED) is 0.756. The Morgan fingerprint density at radius 3 is 2.70 bits per heavy atom. The van der Waals surface area contributed by atoms with E-state index in [9.17, 15) is 8.78 Å². The number of hydrogen-bond donors (Lipinski definition) is 1. The Balaban J connectivity index is 2.89. The number of anilines is 2. The summed E-state index contributed by atoms with van der Waals surface area (Å²) in [5.41, 5.74) is 0. The summed E-state index contributed by atoms with van der Waals surface area (Å²) in [6.45, 7) is 5.15. The third-order valence-electron chi connectivity index (χ3n) is 2.55. The van der Waals surface area contributed by atoms with Gasteiger partial charge in [0.15, 0.2) is 5.82 Å². The van der Waals surface area contributed by atoms with Gasteiger partial charge in [-0.15, -0.1) is 0 Å². The van der Waals surface area contributed by atoms with Crippen LogP contribution in [0.5, 0.6) is 0 Å². The second-order valence-electron chi connectivity index (χ2n) is 4.36. The predicted molar refractivity (Wildman–Crippen MR) is 75.4 cm³/mol. The first-order chi connectivity index (χ1) is 9.56. The molecule has 0 aromatic carbocycles. The van der Waals surface area contributed by atoms with Crippen LogP contribution in [0.25, 0.3) is 0 Å². The molecule has 1 aromatic rings. The maximum atomic E-state index is 12.5. The maximum absolute atomic E-state index is 12.5. The molecule has 20 heavy (non-hydrogen) atoms. The van der Waals surface area contributed by atoms with Crippen LogP contribution < -0.4 is 10.2 Å². The number of aromatic nitrogens is 2. The zero-order valence-corrected chi connectivity index (χ0v) is 12.2. The molecule has 0 bridgehead atoms. The Hall–Kier alpha value is -1.50. The van der Waals surface area contributed by atoms with Crippen molar-refractivity contribution in [3.05, 3.63) is 11.9 Å². The minimum absolute atomic E-state index is 0.271. The fraction of sp³-hybridized carbons (Fsp3) is 0.692. The van der Waals surface area contributed by atoms with Gasteiger partial charge in [0.1, 0.15) is 18.2 Å². The molecule has 1 rings (SSSR count). The van der Waals surface area contributed by atoms with Gasteiger partial charge in [-0.3, -0.25) is 0 Å². The maximum Gasteiger partial charge on any atom is 0.255 e. The lowest BCUT2D eigenvalue weighted by Crippen LogP contribution is -2.25. The lowest BCUT2D eigenvalue weighted by molar-refractivity contribution is 0.128. The van der Waals surface area contributed by atoms with Crippen molar-refractivity contribution >= 4 is 11.6 Å². The number of hydrogen-bond acceptors (Lipinski definition) is 5. The van der Waals surface area contributed by atoms with E-state index in [-0.39, 0.29) is 13.2 Å².